The molecule has 2 rings (SSSR count). The zero-order valence-corrected chi connectivity index (χ0v) is 12.1. The van der Waals surface area contributed by atoms with Gasteiger partial charge in [-0.3, -0.25) is 10.1 Å². The SMILES string of the molecule is COc1ccc(S(=O)(=O)Cl)cc1[C@]1(C)NC(=O)NC1=O. The number of urea groups is 1. The highest BCUT2D eigenvalue weighted by molar-refractivity contribution is 8.13. The summed E-state index contributed by atoms with van der Waals surface area (Å²) >= 11 is 0. The Labute approximate surface area is 119 Å². The first-order valence-electron chi connectivity index (χ1n) is 5.45. The van der Waals surface area contributed by atoms with E-state index in [4.69, 9.17) is 15.4 Å². The van der Waals surface area contributed by atoms with Gasteiger partial charge in [-0.15, -0.1) is 0 Å². The van der Waals surface area contributed by atoms with Gasteiger partial charge in [0.15, 0.2) is 0 Å². The van der Waals surface area contributed by atoms with Crippen LogP contribution >= 0.6 is 10.7 Å². The van der Waals surface area contributed by atoms with Gasteiger partial charge in [-0.2, -0.15) is 0 Å². The van der Waals surface area contributed by atoms with Gasteiger partial charge >= 0.3 is 6.03 Å². The monoisotopic (exact) mass is 318 g/mol. The van der Waals surface area contributed by atoms with Crippen LogP contribution in [-0.2, 0) is 19.4 Å². The number of methoxy groups -OCH3 is 1. The molecule has 1 heterocycles. The Kier molecular flexibility index (Phi) is 3.39. The highest BCUT2D eigenvalue weighted by atomic mass is 35.7. The Hall–Kier alpha value is -1.80. The van der Waals surface area contributed by atoms with E-state index in [0.717, 1.165) is 0 Å². The second kappa shape index (κ2) is 4.64. The van der Waals surface area contributed by atoms with E-state index in [2.05, 4.69) is 10.6 Å². The lowest BCUT2D eigenvalue weighted by Gasteiger charge is -2.23. The largest absolute Gasteiger partial charge is 0.496 e. The summed E-state index contributed by atoms with van der Waals surface area (Å²) in [5.41, 5.74) is -1.23. The first kappa shape index (κ1) is 14.6. The van der Waals surface area contributed by atoms with E-state index in [-0.39, 0.29) is 16.2 Å². The molecule has 0 unspecified atom stereocenters. The van der Waals surface area contributed by atoms with Crippen LogP contribution in [0, 0.1) is 0 Å². The van der Waals surface area contributed by atoms with E-state index in [1.54, 1.807) is 0 Å². The van der Waals surface area contributed by atoms with E-state index >= 15 is 0 Å². The topological polar surface area (TPSA) is 102 Å². The minimum absolute atomic E-state index is 0.190. The van der Waals surface area contributed by atoms with Crippen molar-refractivity contribution in [3.63, 3.8) is 0 Å². The zero-order chi connectivity index (χ0) is 15.1. The van der Waals surface area contributed by atoms with Crippen LogP contribution in [0.3, 0.4) is 0 Å². The fraction of sp³-hybridized carbons (Fsp3) is 0.273. The second-order valence-corrected chi connectivity index (χ2v) is 6.90. The molecule has 20 heavy (non-hydrogen) atoms. The predicted octanol–water partition coefficient (Wildman–Crippen LogP) is 0.677. The van der Waals surface area contributed by atoms with Gasteiger partial charge in [-0.1, -0.05) is 0 Å². The lowest BCUT2D eigenvalue weighted by atomic mass is 9.91. The molecule has 0 spiro atoms. The molecule has 7 nitrogen and oxygen atoms in total. The normalized spacial score (nSPS) is 22.4. The van der Waals surface area contributed by atoms with Crippen molar-refractivity contribution in [1.29, 1.82) is 0 Å². The standard InChI is InChI=1S/C11H11ClN2O5S/c1-11(9(15)13-10(16)14-11)7-5-6(20(12,17)18)3-4-8(7)19-2/h3-5H,1-2H3,(H2,13,14,15,16)/t11-/m0/s1. The summed E-state index contributed by atoms with van der Waals surface area (Å²) in [6.45, 7) is 1.44. The minimum Gasteiger partial charge on any atom is -0.496 e. The molecule has 3 amide bonds. The number of carbonyl (C=O) groups is 2. The summed E-state index contributed by atoms with van der Waals surface area (Å²) in [4.78, 5) is 23.0. The number of halogens is 1. The minimum atomic E-state index is -3.97. The van der Waals surface area contributed by atoms with Gasteiger partial charge < -0.3 is 10.1 Å². The number of nitrogens with one attached hydrogen (secondary N) is 2. The van der Waals surface area contributed by atoms with E-state index in [1.807, 2.05) is 0 Å². The molecule has 0 aliphatic carbocycles. The second-order valence-electron chi connectivity index (χ2n) is 4.33. The van der Waals surface area contributed by atoms with E-state index in [0.29, 0.717) is 0 Å². The maximum absolute atomic E-state index is 11.9. The van der Waals surface area contributed by atoms with E-state index < -0.39 is 26.5 Å². The fourth-order valence-electron chi connectivity index (χ4n) is 1.96. The average molecular weight is 319 g/mol. The first-order chi connectivity index (χ1) is 9.18. The zero-order valence-electron chi connectivity index (χ0n) is 10.6. The van der Waals surface area contributed by atoms with E-state index in [9.17, 15) is 18.0 Å². The first-order valence-corrected chi connectivity index (χ1v) is 7.76. The van der Waals surface area contributed by atoms with Crippen LogP contribution in [0.25, 0.3) is 0 Å². The molecular weight excluding hydrogens is 308 g/mol. The summed E-state index contributed by atoms with van der Waals surface area (Å²) in [5.74, 6) is -0.348. The van der Waals surface area contributed by atoms with Crippen LogP contribution in [0.2, 0.25) is 0 Å². The number of rotatable bonds is 3. The highest BCUT2D eigenvalue weighted by Crippen LogP contribution is 2.34. The maximum atomic E-state index is 11.9. The molecule has 0 bridgehead atoms. The molecule has 9 heteroatoms. The van der Waals surface area contributed by atoms with Gasteiger partial charge in [-0.05, 0) is 25.1 Å². The van der Waals surface area contributed by atoms with Crippen LogP contribution in [0.5, 0.6) is 5.75 Å². The van der Waals surface area contributed by atoms with Crippen molar-refractivity contribution in [2.24, 2.45) is 0 Å². The molecule has 1 aliphatic heterocycles. The van der Waals surface area contributed by atoms with Gasteiger partial charge in [0.1, 0.15) is 11.3 Å². The van der Waals surface area contributed by atoms with Crippen molar-refractivity contribution in [1.82, 2.24) is 10.6 Å². The molecule has 2 N–H and O–H groups in total. The van der Waals surface area contributed by atoms with Crippen LogP contribution < -0.4 is 15.4 Å². The summed E-state index contributed by atoms with van der Waals surface area (Å²) in [6, 6.07) is 3.15. The lowest BCUT2D eigenvalue weighted by Crippen LogP contribution is -2.41. The summed E-state index contributed by atoms with van der Waals surface area (Å²) < 4.78 is 27.9. The number of imide groups is 1. The van der Waals surface area contributed by atoms with Crippen LogP contribution in [0.15, 0.2) is 23.1 Å². The molecule has 108 valence electrons. The van der Waals surface area contributed by atoms with Crippen molar-refractivity contribution >= 4 is 31.7 Å². The Morgan fingerprint density at radius 1 is 1.30 bits per heavy atom. The third kappa shape index (κ3) is 2.32. The van der Waals surface area contributed by atoms with Crippen LogP contribution in [-0.4, -0.2) is 27.5 Å². The lowest BCUT2D eigenvalue weighted by molar-refractivity contribution is -0.123. The maximum Gasteiger partial charge on any atom is 0.322 e. The number of benzene rings is 1. The van der Waals surface area contributed by atoms with E-state index in [1.165, 1.54) is 32.2 Å². The third-order valence-corrected chi connectivity index (χ3v) is 4.39. The number of carbonyl (C=O) groups excluding carboxylic acids is 2. The number of hydrogen-bond acceptors (Lipinski definition) is 5. The van der Waals surface area contributed by atoms with Crippen molar-refractivity contribution in [2.75, 3.05) is 7.11 Å². The molecule has 1 fully saturated rings. The molecule has 1 aliphatic rings. The quantitative estimate of drug-likeness (QED) is 0.630. The summed E-state index contributed by atoms with van der Waals surface area (Å²) in [6.07, 6.45) is 0. The molecule has 0 saturated carbocycles. The van der Waals surface area contributed by atoms with Crippen molar-refractivity contribution < 1.29 is 22.7 Å². The van der Waals surface area contributed by atoms with Crippen molar-refractivity contribution in [3.8, 4) is 5.75 Å². The molecule has 1 aromatic rings. The number of amides is 3. The Bertz CT molecular complexity index is 703. The predicted molar refractivity (Wildman–Crippen MR) is 70.1 cm³/mol. The molecule has 0 aromatic heterocycles. The summed E-state index contributed by atoms with van der Waals surface area (Å²) in [7, 11) is 2.69. The van der Waals surface area contributed by atoms with Gasteiger partial charge in [0.05, 0.1) is 12.0 Å². The van der Waals surface area contributed by atoms with Gasteiger partial charge in [0.2, 0.25) is 0 Å². The smallest absolute Gasteiger partial charge is 0.322 e. The Morgan fingerprint density at radius 2 is 1.95 bits per heavy atom. The third-order valence-electron chi connectivity index (χ3n) is 3.04. The van der Waals surface area contributed by atoms with Crippen LogP contribution in [0.4, 0.5) is 4.79 Å². The summed E-state index contributed by atoms with van der Waals surface area (Å²) in [5, 5.41) is 4.52. The molecule has 1 saturated heterocycles. The number of hydrogen-bond donors (Lipinski definition) is 2. The van der Waals surface area contributed by atoms with Gasteiger partial charge in [0.25, 0.3) is 15.0 Å². The molecule has 0 radical (unpaired) electrons. The Morgan fingerprint density at radius 3 is 2.40 bits per heavy atom. The fourth-order valence-corrected chi connectivity index (χ4v) is 2.74. The van der Waals surface area contributed by atoms with Gasteiger partial charge in [0, 0.05) is 16.2 Å². The molecular formula is C11H11ClN2O5S. The van der Waals surface area contributed by atoms with Crippen molar-refractivity contribution in [3.05, 3.63) is 23.8 Å². The van der Waals surface area contributed by atoms with Gasteiger partial charge in [-0.25, -0.2) is 13.2 Å². The van der Waals surface area contributed by atoms with Crippen LogP contribution in [0.1, 0.15) is 12.5 Å². The Balaban J connectivity index is 2.66. The van der Waals surface area contributed by atoms with Crippen molar-refractivity contribution in [2.45, 2.75) is 17.4 Å². The molecule has 1 atom stereocenters. The average Bonchev–Trinajstić information content (AvgIpc) is 2.62. The number of ether oxygens (including phenoxy) is 1. The molecule has 1 aromatic carbocycles. The highest BCUT2D eigenvalue weighted by Gasteiger charge is 2.45.